The average molecular weight is 276 g/mol. The smallest absolute Gasteiger partial charge is 0.0882 e. The topological polar surface area (TPSA) is 0 Å². The van der Waals surface area contributed by atoms with E-state index in [1.165, 1.54) is 51.4 Å². The highest BCUT2D eigenvalue weighted by atomic mass is 32.2. The molecule has 7 rings (SSSR count). The number of rotatable bonds is 0. The van der Waals surface area contributed by atoms with Gasteiger partial charge in [-0.3, -0.25) is 0 Å². The zero-order valence-corrected chi connectivity index (χ0v) is 12.4. The second kappa shape index (κ2) is 3.85. The minimum absolute atomic E-state index is 0.956. The standard InChI is InChI=1S/C16H20S2/c1-2-10-4-3-9(1)13-14(10)18-16-12-7-5-11(6-8-12)15(16)17-13/h9-12H,1-8H2/q+1. The van der Waals surface area contributed by atoms with Crippen LogP contribution in [0.4, 0.5) is 0 Å². The van der Waals surface area contributed by atoms with Gasteiger partial charge in [0.2, 0.25) is 9.81 Å². The molecule has 0 unspecified atom stereocenters. The molecule has 0 aromatic rings. The third-order valence-corrected chi connectivity index (χ3v) is 9.21. The van der Waals surface area contributed by atoms with E-state index in [4.69, 9.17) is 0 Å². The van der Waals surface area contributed by atoms with Crippen LogP contribution in [0.15, 0.2) is 19.6 Å². The molecule has 4 bridgehead atoms. The Morgan fingerprint density at radius 1 is 0.611 bits per heavy atom. The van der Waals surface area contributed by atoms with Gasteiger partial charge in [-0.1, -0.05) is 11.8 Å². The molecule has 0 N–H and O–H groups in total. The van der Waals surface area contributed by atoms with E-state index in [9.17, 15) is 0 Å². The van der Waals surface area contributed by atoms with Gasteiger partial charge in [0.1, 0.15) is 0 Å². The molecule has 18 heavy (non-hydrogen) atoms. The van der Waals surface area contributed by atoms with Crippen LogP contribution < -0.4 is 0 Å². The van der Waals surface area contributed by atoms with Gasteiger partial charge >= 0.3 is 0 Å². The Kier molecular flexibility index (Phi) is 2.33. The SMILES string of the molecule is C1CC2CCC1C1=C2[S+]C2=C(S1)C1CCC2CC1. The summed E-state index contributed by atoms with van der Waals surface area (Å²) in [5.41, 5.74) is 0. The predicted molar refractivity (Wildman–Crippen MR) is 79.9 cm³/mol. The molecule has 1 radical (unpaired) electrons. The van der Waals surface area contributed by atoms with Crippen LogP contribution >= 0.6 is 11.8 Å². The van der Waals surface area contributed by atoms with E-state index >= 15 is 0 Å². The van der Waals surface area contributed by atoms with Crippen molar-refractivity contribution in [1.82, 2.24) is 0 Å². The van der Waals surface area contributed by atoms with E-state index in [2.05, 4.69) is 23.5 Å². The van der Waals surface area contributed by atoms with Gasteiger partial charge in [-0.05, 0) is 63.2 Å². The molecule has 0 amide bonds. The lowest BCUT2D eigenvalue weighted by atomic mass is 9.75. The van der Waals surface area contributed by atoms with E-state index in [0.29, 0.717) is 0 Å². The maximum Gasteiger partial charge on any atom is 0.277 e. The van der Waals surface area contributed by atoms with Crippen molar-refractivity contribution in [2.24, 2.45) is 23.7 Å². The number of allylic oxidation sites excluding steroid dienone is 4. The molecule has 1 aliphatic heterocycles. The molecule has 0 nitrogen and oxygen atoms in total. The number of hydrogen-bond acceptors (Lipinski definition) is 2. The van der Waals surface area contributed by atoms with Crippen LogP contribution in [0.2, 0.25) is 0 Å². The van der Waals surface area contributed by atoms with Gasteiger partial charge in [-0.2, -0.15) is 0 Å². The summed E-state index contributed by atoms with van der Waals surface area (Å²) in [6, 6.07) is 0. The van der Waals surface area contributed by atoms with Crippen molar-refractivity contribution >= 4 is 23.5 Å². The molecule has 95 valence electrons. The first-order valence-corrected chi connectivity index (χ1v) is 9.37. The molecule has 2 fully saturated rings. The summed E-state index contributed by atoms with van der Waals surface area (Å²) in [4.78, 5) is 7.37. The highest BCUT2D eigenvalue weighted by molar-refractivity contribution is 8.08. The predicted octanol–water partition coefficient (Wildman–Crippen LogP) is 4.88. The first kappa shape index (κ1) is 10.9. The van der Waals surface area contributed by atoms with Crippen molar-refractivity contribution in [1.29, 1.82) is 0 Å². The summed E-state index contributed by atoms with van der Waals surface area (Å²) in [6.07, 6.45) is 12.0. The van der Waals surface area contributed by atoms with Gasteiger partial charge in [-0.25, -0.2) is 0 Å². The summed E-state index contributed by atoms with van der Waals surface area (Å²) in [5.74, 6) is 3.82. The molecular weight excluding hydrogens is 256 g/mol. The minimum atomic E-state index is 0.956. The van der Waals surface area contributed by atoms with Gasteiger partial charge in [0.05, 0.1) is 0 Å². The molecule has 7 aliphatic rings. The molecular formula is C16H20S2+. The fourth-order valence-electron chi connectivity index (χ4n) is 4.81. The molecule has 1 heterocycles. The van der Waals surface area contributed by atoms with Crippen molar-refractivity contribution in [3.63, 3.8) is 0 Å². The quantitative estimate of drug-likeness (QED) is 0.578. The molecule has 0 spiro atoms. The lowest BCUT2D eigenvalue weighted by Crippen LogP contribution is -2.33. The molecule has 0 aromatic carbocycles. The van der Waals surface area contributed by atoms with E-state index in [-0.39, 0.29) is 0 Å². The third kappa shape index (κ3) is 1.37. The van der Waals surface area contributed by atoms with Crippen molar-refractivity contribution in [3.05, 3.63) is 19.6 Å². The summed E-state index contributed by atoms with van der Waals surface area (Å²) in [5, 5.41) is 0. The maximum absolute atomic E-state index is 2.26. The Bertz CT molecular complexity index is 373. The fourth-order valence-corrected chi connectivity index (χ4v) is 8.46. The highest BCUT2D eigenvalue weighted by Crippen LogP contribution is 2.61. The van der Waals surface area contributed by atoms with Gasteiger partial charge < -0.3 is 0 Å². The largest absolute Gasteiger partial charge is 0.277 e. The average Bonchev–Trinajstić information content (AvgIpc) is 2.48. The van der Waals surface area contributed by atoms with Crippen LogP contribution in [0.25, 0.3) is 0 Å². The van der Waals surface area contributed by atoms with Crippen LogP contribution in [0.1, 0.15) is 51.4 Å². The Hall–Kier alpha value is 0.180. The van der Waals surface area contributed by atoms with Crippen LogP contribution in [0.3, 0.4) is 0 Å². The van der Waals surface area contributed by atoms with Gasteiger partial charge in [0.15, 0.2) is 0 Å². The number of thioether (sulfide) groups is 2. The van der Waals surface area contributed by atoms with E-state index in [1.54, 1.807) is 0 Å². The summed E-state index contributed by atoms with van der Waals surface area (Å²) < 4.78 is 0. The lowest BCUT2D eigenvalue weighted by molar-refractivity contribution is 0.310. The zero-order chi connectivity index (χ0) is 11.7. The monoisotopic (exact) mass is 276 g/mol. The Morgan fingerprint density at radius 2 is 1.00 bits per heavy atom. The molecule has 6 aliphatic carbocycles. The normalized spacial score (nSPS) is 45.3. The van der Waals surface area contributed by atoms with Crippen molar-refractivity contribution in [3.8, 4) is 0 Å². The molecule has 2 saturated carbocycles. The lowest BCUT2D eigenvalue weighted by Gasteiger charge is -2.42. The van der Waals surface area contributed by atoms with Crippen LogP contribution in [-0.4, -0.2) is 0 Å². The van der Waals surface area contributed by atoms with Crippen LogP contribution in [0.5, 0.6) is 0 Å². The van der Waals surface area contributed by atoms with Crippen molar-refractivity contribution in [2.75, 3.05) is 0 Å². The third-order valence-electron chi connectivity index (χ3n) is 5.86. The second-order valence-corrected chi connectivity index (χ2v) is 8.93. The molecule has 0 atom stereocenters. The zero-order valence-electron chi connectivity index (χ0n) is 10.8. The van der Waals surface area contributed by atoms with Crippen LogP contribution in [-0.2, 0) is 11.8 Å². The molecule has 2 heteroatoms. The van der Waals surface area contributed by atoms with E-state index in [1.807, 2.05) is 19.6 Å². The van der Waals surface area contributed by atoms with Gasteiger partial charge in [0.25, 0.3) is 11.8 Å². The summed E-state index contributed by atoms with van der Waals surface area (Å²) in [6.45, 7) is 0. The maximum atomic E-state index is 2.26. The summed E-state index contributed by atoms with van der Waals surface area (Å²) >= 11 is 4.53. The first-order chi connectivity index (χ1) is 8.90. The van der Waals surface area contributed by atoms with Gasteiger partial charge in [-0.15, -0.1) is 0 Å². The van der Waals surface area contributed by atoms with Crippen molar-refractivity contribution < 1.29 is 0 Å². The number of fused-ring (bicyclic) bond motifs is 4. The fraction of sp³-hybridized carbons (Fsp3) is 0.750. The first-order valence-electron chi connectivity index (χ1n) is 7.74. The minimum Gasteiger partial charge on any atom is -0.0882 e. The van der Waals surface area contributed by atoms with Crippen LogP contribution in [0, 0.1) is 23.7 Å². The second-order valence-electron chi connectivity index (χ2n) is 6.76. The number of hydrogen-bond donors (Lipinski definition) is 0. The van der Waals surface area contributed by atoms with E-state index < -0.39 is 0 Å². The Labute approximate surface area is 118 Å². The van der Waals surface area contributed by atoms with Crippen molar-refractivity contribution in [2.45, 2.75) is 51.4 Å². The Morgan fingerprint density at radius 3 is 1.44 bits per heavy atom. The molecule has 0 aromatic heterocycles. The summed E-state index contributed by atoms with van der Waals surface area (Å²) in [7, 11) is 0. The highest BCUT2D eigenvalue weighted by Gasteiger charge is 2.52. The van der Waals surface area contributed by atoms with E-state index in [0.717, 1.165) is 23.7 Å². The Balaban J connectivity index is 1.57. The molecule has 0 saturated heterocycles. The van der Waals surface area contributed by atoms with Gasteiger partial charge in [0, 0.05) is 21.6 Å².